The first-order valence-electron chi connectivity index (χ1n) is 5.93. The number of benzene rings is 1. The lowest BCUT2D eigenvalue weighted by Crippen LogP contribution is -2.35. The summed E-state index contributed by atoms with van der Waals surface area (Å²) in [5.74, 6) is -0.645. The molecule has 1 aromatic carbocycles. The molecule has 1 fully saturated rings. The lowest BCUT2D eigenvalue weighted by atomic mass is 10.1. The number of esters is 1. The zero-order valence-electron chi connectivity index (χ0n) is 10.4. The van der Waals surface area contributed by atoms with E-state index in [0.717, 1.165) is 5.56 Å². The fourth-order valence-corrected chi connectivity index (χ4v) is 1.93. The van der Waals surface area contributed by atoms with Crippen LogP contribution in [0, 0.1) is 6.92 Å². The highest BCUT2D eigenvalue weighted by atomic mass is 16.7. The molecule has 19 heavy (non-hydrogen) atoms. The van der Waals surface area contributed by atoms with Gasteiger partial charge in [0, 0.05) is 0 Å². The van der Waals surface area contributed by atoms with Gasteiger partial charge in [-0.05, 0) is 18.6 Å². The maximum absolute atomic E-state index is 11.9. The summed E-state index contributed by atoms with van der Waals surface area (Å²) in [5, 5.41) is 28.1. The number of ether oxygens (including phenoxy) is 2. The van der Waals surface area contributed by atoms with Crippen LogP contribution in [0.5, 0.6) is 0 Å². The summed E-state index contributed by atoms with van der Waals surface area (Å²) >= 11 is 0. The van der Waals surface area contributed by atoms with Gasteiger partial charge in [0.2, 0.25) is 6.29 Å². The van der Waals surface area contributed by atoms with Crippen LogP contribution in [-0.2, 0) is 9.47 Å². The van der Waals surface area contributed by atoms with Gasteiger partial charge in [-0.25, -0.2) is 4.79 Å². The fourth-order valence-electron chi connectivity index (χ4n) is 1.93. The highest BCUT2D eigenvalue weighted by Crippen LogP contribution is 2.23. The third kappa shape index (κ3) is 2.76. The Hall–Kier alpha value is -1.47. The smallest absolute Gasteiger partial charge is 0.340 e. The Balaban J connectivity index is 2.06. The van der Waals surface area contributed by atoms with Gasteiger partial charge in [0.05, 0.1) is 12.2 Å². The van der Waals surface area contributed by atoms with Crippen molar-refractivity contribution < 1.29 is 29.6 Å². The summed E-state index contributed by atoms with van der Waals surface area (Å²) in [6, 6.07) is 6.84. The Morgan fingerprint density at radius 3 is 2.58 bits per heavy atom. The van der Waals surface area contributed by atoms with Gasteiger partial charge < -0.3 is 24.8 Å². The normalized spacial score (nSPS) is 30.3. The van der Waals surface area contributed by atoms with Crippen LogP contribution >= 0.6 is 0 Å². The van der Waals surface area contributed by atoms with E-state index in [1.165, 1.54) is 0 Å². The van der Waals surface area contributed by atoms with Crippen molar-refractivity contribution in [2.75, 3.05) is 6.61 Å². The van der Waals surface area contributed by atoms with Gasteiger partial charge in [0.1, 0.15) is 18.3 Å². The van der Waals surface area contributed by atoms with E-state index in [1.54, 1.807) is 31.2 Å². The molecule has 0 radical (unpaired) electrons. The molecule has 1 aromatic rings. The summed E-state index contributed by atoms with van der Waals surface area (Å²) in [6.45, 7) is 1.30. The minimum Gasteiger partial charge on any atom is -0.429 e. The Morgan fingerprint density at radius 2 is 2.00 bits per heavy atom. The molecule has 0 aromatic heterocycles. The third-order valence-corrected chi connectivity index (χ3v) is 3.09. The highest BCUT2D eigenvalue weighted by Gasteiger charge is 2.44. The van der Waals surface area contributed by atoms with E-state index < -0.39 is 37.2 Å². The SMILES string of the molecule is Cc1ccccc1C(=O)O[C@@H]1O[C@H](CO)[C@@H](O)[C@H]1O. The molecule has 1 aliphatic heterocycles. The molecule has 0 aliphatic carbocycles. The Morgan fingerprint density at radius 1 is 1.32 bits per heavy atom. The summed E-state index contributed by atoms with van der Waals surface area (Å²) in [7, 11) is 0. The largest absolute Gasteiger partial charge is 0.429 e. The molecule has 0 bridgehead atoms. The fraction of sp³-hybridized carbons (Fsp3) is 0.462. The van der Waals surface area contributed by atoms with Gasteiger partial charge in [-0.15, -0.1) is 0 Å². The molecule has 1 heterocycles. The van der Waals surface area contributed by atoms with Crippen LogP contribution in [0.15, 0.2) is 24.3 Å². The van der Waals surface area contributed by atoms with Crippen LogP contribution in [0.1, 0.15) is 15.9 Å². The van der Waals surface area contributed by atoms with Crippen molar-refractivity contribution >= 4 is 5.97 Å². The molecule has 6 nitrogen and oxygen atoms in total. The summed E-state index contributed by atoms with van der Waals surface area (Å²) in [5.41, 5.74) is 1.10. The average Bonchev–Trinajstić information content (AvgIpc) is 2.67. The highest BCUT2D eigenvalue weighted by molar-refractivity contribution is 5.91. The van der Waals surface area contributed by atoms with Gasteiger partial charge in [-0.1, -0.05) is 18.2 Å². The van der Waals surface area contributed by atoms with E-state index >= 15 is 0 Å². The van der Waals surface area contributed by atoms with E-state index in [0.29, 0.717) is 5.56 Å². The second-order valence-corrected chi connectivity index (χ2v) is 4.43. The molecule has 0 unspecified atom stereocenters. The van der Waals surface area contributed by atoms with E-state index in [1.807, 2.05) is 0 Å². The molecule has 3 N–H and O–H groups in total. The number of aryl methyl sites for hydroxylation is 1. The summed E-state index contributed by atoms with van der Waals surface area (Å²) < 4.78 is 10.1. The van der Waals surface area contributed by atoms with Gasteiger partial charge in [0.15, 0.2) is 0 Å². The number of hydrogen-bond donors (Lipinski definition) is 3. The standard InChI is InChI=1S/C13H16O6/c1-7-4-2-3-5-8(7)12(17)19-13-11(16)10(15)9(6-14)18-13/h2-5,9-11,13-16H,6H2,1H3/t9-,10-,11-,13+/m1/s1. The summed E-state index contributed by atoms with van der Waals surface area (Å²) in [4.78, 5) is 11.9. The number of hydrogen-bond acceptors (Lipinski definition) is 6. The van der Waals surface area contributed by atoms with E-state index in [4.69, 9.17) is 14.6 Å². The Bertz CT molecular complexity index is 460. The quantitative estimate of drug-likeness (QED) is 0.645. The van der Waals surface area contributed by atoms with E-state index in [9.17, 15) is 15.0 Å². The maximum atomic E-state index is 11.9. The molecule has 0 spiro atoms. The van der Waals surface area contributed by atoms with Crippen LogP contribution in [0.4, 0.5) is 0 Å². The maximum Gasteiger partial charge on any atom is 0.340 e. The molecule has 6 heteroatoms. The molecule has 0 saturated carbocycles. The molecular formula is C13H16O6. The first-order chi connectivity index (χ1) is 9.04. The van der Waals surface area contributed by atoms with E-state index in [-0.39, 0.29) is 0 Å². The zero-order valence-corrected chi connectivity index (χ0v) is 10.4. The van der Waals surface area contributed by atoms with E-state index in [2.05, 4.69) is 0 Å². The summed E-state index contributed by atoms with van der Waals surface area (Å²) in [6.07, 6.45) is -4.88. The number of aliphatic hydroxyl groups is 3. The molecular weight excluding hydrogens is 252 g/mol. The Kier molecular flexibility index (Phi) is 4.16. The molecule has 4 atom stereocenters. The van der Waals surface area contributed by atoms with Crippen molar-refractivity contribution in [1.29, 1.82) is 0 Å². The van der Waals surface area contributed by atoms with Gasteiger partial charge in [0.25, 0.3) is 0 Å². The number of aliphatic hydroxyl groups excluding tert-OH is 3. The number of carbonyl (C=O) groups excluding carboxylic acids is 1. The molecule has 2 rings (SSSR count). The molecule has 104 valence electrons. The average molecular weight is 268 g/mol. The second kappa shape index (κ2) is 5.66. The minimum absolute atomic E-state index is 0.361. The zero-order chi connectivity index (χ0) is 14.0. The molecule has 1 aliphatic rings. The van der Waals surface area contributed by atoms with Crippen molar-refractivity contribution in [1.82, 2.24) is 0 Å². The van der Waals surface area contributed by atoms with Crippen LogP contribution in [-0.4, -0.2) is 52.5 Å². The van der Waals surface area contributed by atoms with Crippen LogP contribution in [0.3, 0.4) is 0 Å². The van der Waals surface area contributed by atoms with Crippen molar-refractivity contribution in [3.8, 4) is 0 Å². The molecule has 0 amide bonds. The number of rotatable bonds is 3. The lowest BCUT2D eigenvalue weighted by molar-refractivity contribution is -0.139. The van der Waals surface area contributed by atoms with Gasteiger partial charge in [-0.3, -0.25) is 0 Å². The lowest BCUT2D eigenvalue weighted by Gasteiger charge is -2.16. The third-order valence-electron chi connectivity index (χ3n) is 3.09. The van der Waals surface area contributed by atoms with Crippen molar-refractivity contribution in [2.45, 2.75) is 31.5 Å². The second-order valence-electron chi connectivity index (χ2n) is 4.43. The topological polar surface area (TPSA) is 96.2 Å². The van der Waals surface area contributed by atoms with Crippen molar-refractivity contribution in [3.05, 3.63) is 35.4 Å². The van der Waals surface area contributed by atoms with Crippen LogP contribution in [0.25, 0.3) is 0 Å². The van der Waals surface area contributed by atoms with Crippen molar-refractivity contribution in [3.63, 3.8) is 0 Å². The predicted octanol–water partition coefficient (Wildman–Crippen LogP) is -0.409. The van der Waals surface area contributed by atoms with Crippen LogP contribution < -0.4 is 0 Å². The van der Waals surface area contributed by atoms with Gasteiger partial charge >= 0.3 is 5.97 Å². The molecule has 1 saturated heterocycles. The number of carbonyl (C=O) groups is 1. The Labute approximate surface area is 110 Å². The van der Waals surface area contributed by atoms with Crippen LogP contribution in [0.2, 0.25) is 0 Å². The van der Waals surface area contributed by atoms with Crippen molar-refractivity contribution in [2.24, 2.45) is 0 Å². The first kappa shape index (κ1) is 14.0. The van der Waals surface area contributed by atoms with Gasteiger partial charge in [-0.2, -0.15) is 0 Å². The first-order valence-corrected chi connectivity index (χ1v) is 5.93. The monoisotopic (exact) mass is 268 g/mol. The minimum atomic E-state index is -1.37. The predicted molar refractivity (Wildman–Crippen MR) is 64.4 cm³/mol.